The molecule has 0 saturated carbocycles. The van der Waals surface area contributed by atoms with Gasteiger partial charge in [-0.3, -0.25) is 4.79 Å². The third kappa shape index (κ3) is 4.23. The van der Waals surface area contributed by atoms with Crippen molar-refractivity contribution in [3.8, 4) is 0 Å². The van der Waals surface area contributed by atoms with Crippen LogP contribution in [0.2, 0.25) is 0 Å². The second kappa shape index (κ2) is 6.93. The van der Waals surface area contributed by atoms with Crippen LogP contribution in [0.25, 0.3) is 0 Å². The molecule has 6 heteroatoms. The van der Waals surface area contributed by atoms with Crippen LogP contribution in [-0.4, -0.2) is 31.6 Å². The van der Waals surface area contributed by atoms with Crippen molar-refractivity contribution in [2.45, 2.75) is 64.1 Å². The molecular weight excluding hydrogens is 262 g/mol. The SMILES string of the molecule is CCCc1nnc(SCC(=O)O)n1C(C)(C)CCC. The van der Waals surface area contributed by atoms with Gasteiger partial charge in [0, 0.05) is 12.0 Å². The molecule has 1 N–H and O–H groups in total. The number of aryl methyl sites for hydroxylation is 1. The lowest BCUT2D eigenvalue weighted by atomic mass is 9.98. The molecule has 0 aliphatic carbocycles. The van der Waals surface area contributed by atoms with E-state index in [0.29, 0.717) is 5.16 Å². The highest BCUT2D eigenvalue weighted by molar-refractivity contribution is 7.99. The van der Waals surface area contributed by atoms with Crippen LogP contribution < -0.4 is 0 Å². The van der Waals surface area contributed by atoms with E-state index < -0.39 is 5.97 Å². The Hall–Kier alpha value is -1.04. The van der Waals surface area contributed by atoms with Crippen molar-refractivity contribution < 1.29 is 9.90 Å². The minimum atomic E-state index is -0.829. The molecule has 0 aromatic carbocycles. The predicted octanol–water partition coefficient (Wildman–Crippen LogP) is 2.94. The molecule has 1 aromatic rings. The zero-order chi connectivity index (χ0) is 14.5. The van der Waals surface area contributed by atoms with E-state index in [2.05, 4.69) is 42.5 Å². The van der Waals surface area contributed by atoms with Gasteiger partial charge in [-0.25, -0.2) is 0 Å². The fraction of sp³-hybridized carbons (Fsp3) is 0.769. The number of nitrogens with zero attached hydrogens (tertiary/aromatic N) is 3. The molecule has 0 aliphatic rings. The fourth-order valence-corrected chi connectivity index (χ4v) is 3.07. The summed E-state index contributed by atoms with van der Waals surface area (Å²) >= 11 is 1.24. The van der Waals surface area contributed by atoms with Gasteiger partial charge in [0.25, 0.3) is 0 Å². The minimum absolute atomic E-state index is 0.0203. The van der Waals surface area contributed by atoms with E-state index in [1.54, 1.807) is 0 Å². The van der Waals surface area contributed by atoms with E-state index >= 15 is 0 Å². The van der Waals surface area contributed by atoms with Crippen LogP contribution in [0, 0.1) is 0 Å². The van der Waals surface area contributed by atoms with Crippen molar-refractivity contribution in [3.63, 3.8) is 0 Å². The van der Waals surface area contributed by atoms with E-state index in [1.807, 2.05) is 0 Å². The van der Waals surface area contributed by atoms with E-state index in [0.717, 1.165) is 31.5 Å². The summed E-state index contributed by atoms with van der Waals surface area (Å²) in [5.41, 5.74) is -0.0798. The molecule has 0 fully saturated rings. The maximum Gasteiger partial charge on any atom is 0.313 e. The van der Waals surface area contributed by atoms with Crippen molar-refractivity contribution in [3.05, 3.63) is 5.82 Å². The third-order valence-electron chi connectivity index (χ3n) is 2.97. The lowest BCUT2D eigenvalue weighted by Crippen LogP contribution is -2.29. The molecule has 0 unspecified atom stereocenters. The summed E-state index contributed by atoms with van der Waals surface area (Å²) in [5, 5.41) is 17.9. The maximum absolute atomic E-state index is 10.7. The van der Waals surface area contributed by atoms with Crippen LogP contribution >= 0.6 is 11.8 Å². The first kappa shape index (κ1) is 16.0. The van der Waals surface area contributed by atoms with Gasteiger partial charge < -0.3 is 9.67 Å². The average Bonchev–Trinajstić information content (AvgIpc) is 2.70. The Bertz CT molecular complexity index is 430. The molecule has 0 radical (unpaired) electrons. The third-order valence-corrected chi connectivity index (χ3v) is 3.88. The van der Waals surface area contributed by atoms with Crippen LogP contribution in [0.1, 0.15) is 52.8 Å². The van der Waals surface area contributed by atoms with Crippen molar-refractivity contribution in [1.82, 2.24) is 14.8 Å². The summed E-state index contributed by atoms with van der Waals surface area (Å²) in [6, 6.07) is 0. The highest BCUT2D eigenvalue weighted by Gasteiger charge is 2.26. The summed E-state index contributed by atoms with van der Waals surface area (Å²) in [7, 11) is 0. The summed E-state index contributed by atoms with van der Waals surface area (Å²) in [5.74, 6) is 0.144. The second-order valence-electron chi connectivity index (χ2n) is 5.23. The first-order valence-corrected chi connectivity index (χ1v) is 7.70. The van der Waals surface area contributed by atoms with Gasteiger partial charge in [0.15, 0.2) is 5.16 Å². The van der Waals surface area contributed by atoms with Gasteiger partial charge in [0.2, 0.25) is 0 Å². The standard InChI is InChI=1S/C13H23N3O2S/c1-5-7-10-14-15-12(19-9-11(17)18)16(10)13(3,4)8-6-2/h5-9H2,1-4H3,(H,17,18). The molecule has 0 spiro atoms. The zero-order valence-electron chi connectivity index (χ0n) is 12.1. The maximum atomic E-state index is 10.7. The Balaban J connectivity index is 3.07. The quantitative estimate of drug-likeness (QED) is 0.744. The van der Waals surface area contributed by atoms with Crippen LogP contribution in [0.5, 0.6) is 0 Å². The van der Waals surface area contributed by atoms with Gasteiger partial charge >= 0.3 is 5.97 Å². The van der Waals surface area contributed by atoms with Gasteiger partial charge in [-0.15, -0.1) is 10.2 Å². The summed E-state index contributed by atoms with van der Waals surface area (Å²) in [6.45, 7) is 8.57. The number of rotatable bonds is 8. The number of hydrogen-bond acceptors (Lipinski definition) is 4. The van der Waals surface area contributed by atoms with Gasteiger partial charge in [-0.2, -0.15) is 0 Å². The van der Waals surface area contributed by atoms with E-state index in [9.17, 15) is 4.79 Å². The van der Waals surface area contributed by atoms with E-state index in [1.165, 1.54) is 11.8 Å². The molecule has 19 heavy (non-hydrogen) atoms. The lowest BCUT2D eigenvalue weighted by Gasteiger charge is -2.29. The molecule has 5 nitrogen and oxygen atoms in total. The molecule has 0 bridgehead atoms. The first-order valence-electron chi connectivity index (χ1n) is 6.71. The number of thioether (sulfide) groups is 1. The van der Waals surface area contributed by atoms with E-state index in [-0.39, 0.29) is 11.3 Å². The Morgan fingerprint density at radius 2 is 2.00 bits per heavy atom. The Labute approximate surface area is 118 Å². The number of hydrogen-bond donors (Lipinski definition) is 1. The molecule has 0 amide bonds. The number of carboxylic acids is 1. The molecule has 108 valence electrons. The number of aliphatic carboxylic acids is 1. The Kier molecular flexibility index (Phi) is 5.85. The number of carbonyl (C=O) groups is 1. The van der Waals surface area contributed by atoms with Crippen molar-refractivity contribution in [2.24, 2.45) is 0 Å². The van der Waals surface area contributed by atoms with Crippen molar-refractivity contribution in [2.75, 3.05) is 5.75 Å². The Morgan fingerprint density at radius 3 is 2.53 bits per heavy atom. The predicted molar refractivity (Wildman–Crippen MR) is 76.6 cm³/mol. The smallest absolute Gasteiger partial charge is 0.313 e. The zero-order valence-corrected chi connectivity index (χ0v) is 13.0. The summed E-state index contributed by atoms with van der Waals surface area (Å²) in [4.78, 5) is 10.7. The normalized spacial score (nSPS) is 11.8. The number of aromatic nitrogens is 3. The van der Waals surface area contributed by atoms with Gasteiger partial charge in [-0.05, 0) is 26.7 Å². The topological polar surface area (TPSA) is 68.0 Å². The highest BCUT2D eigenvalue weighted by Crippen LogP contribution is 2.29. The second-order valence-corrected chi connectivity index (χ2v) is 6.17. The van der Waals surface area contributed by atoms with Crippen LogP contribution in [0.15, 0.2) is 5.16 Å². The van der Waals surface area contributed by atoms with Crippen molar-refractivity contribution >= 4 is 17.7 Å². The van der Waals surface area contributed by atoms with Crippen LogP contribution in [0.3, 0.4) is 0 Å². The molecular formula is C13H23N3O2S. The van der Waals surface area contributed by atoms with Crippen LogP contribution in [-0.2, 0) is 16.8 Å². The Morgan fingerprint density at radius 1 is 1.32 bits per heavy atom. The first-order chi connectivity index (χ1) is 8.92. The summed E-state index contributed by atoms with van der Waals surface area (Å²) in [6.07, 6.45) is 3.96. The van der Waals surface area contributed by atoms with Gasteiger partial charge in [0.05, 0.1) is 5.75 Å². The van der Waals surface area contributed by atoms with E-state index in [4.69, 9.17) is 5.11 Å². The largest absolute Gasteiger partial charge is 0.481 e. The average molecular weight is 285 g/mol. The highest BCUT2D eigenvalue weighted by atomic mass is 32.2. The van der Waals surface area contributed by atoms with Crippen LogP contribution in [0.4, 0.5) is 0 Å². The molecule has 0 atom stereocenters. The minimum Gasteiger partial charge on any atom is -0.481 e. The lowest BCUT2D eigenvalue weighted by molar-refractivity contribution is -0.133. The fourth-order valence-electron chi connectivity index (χ4n) is 2.24. The number of carboxylic acid groups (broad SMARTS) is 1. The van der Waals surface area contributed by atoms with Gasteiger partial charge in [0.1, 0.15) is 5.82 Å². The van der Waals surface area contributed by atoms with Gasteiger partial charge in [-0.1, -0.05) is 32.0 Å². The monoisotopic (exact) mass is 285 g/mol. The molecule has 0 saturated heterocycles. The molecule has 1 aromatic heterocycles. The molecule has 0 aliphatic heterocycles. The summed E-state index contributed by atoms with van der Waals surface area (Å²) < 4.78 is 2.12. The molecule has 1 heterocycles. The van der Waals surface area contributed by atoms with Crippen molar-refractivity contribution in [1.29, 1.82) is 0 Å². The molecule has 1 rings (SSSR count).